The van der Waals surface area contributed by atoms with Gasteiger partial charge < -0.3 is 19.1 Å². The molecule has 0 spiro atoms. The highest BCUT2D eigenvalue weighted by Gasteiger charge is 2.61. The number of hydrogen-bond donors (Lipinski definition) is 0. The standard InChI is InChI=1S/C36H51NO3.C8H8O2.C2H6/c1-24(2)17-26-13-15-35(3)27(18-26)9-10-32-31(35)12-11-30-29-22-39-23-36(30,32)16-14-33(29)40-28-19-34(38)37(21-28)20-25-7-5-4-6-8-25;9-7-10-6-8-4-2-1-3-5-8;1-2/h4-8,10,24,26-31,33H,9,11-23H2,1-3H3;1-5,7H,6H2;1-2H3. The molecule has 3 saturated carbocycles. The maximum absolute atomic E-state index is 12.9. The average Bonchev–Trinajstić information content (AvgIpc) is 3.50. The Hall–Kier alpha value is -2.96. The largest absolute Gasteiger partial charge is 0.463 e. The van der Waals surface area contributed by atoms with E-state index in [0.29, 0.717) is 43.3 Å². The van der Waals surface area contributed by atoms with Crippen LogP contribution in [0.25, 0.3) is 0 Å². The lowest BCUT2D eigenvalue weighted by Gasteiger charge is -2.64. The van der Waals surface area contributed by atoms with Gasteiger partial charge in [0.2, 0.25) is 5.91 Å². The summed E-state index contributed by atoms with van der Waals surface area (Å²) < 4.78 is 17.9. The maximum atomic E-state index is 12.9. The first-order chi connectivity index (χ1) is 25.3. The smallest absolute Gasteiger partial charge is 0.293 e. The van der Waals surface area contributed by atoms with Crippen molar-refractivity contribution < 1.29 is 23.8 Å². The molecule has 1 amide bonds. The summed E-state index contributed by atoms with van der Waals surface area (Å²) in [5.74, 6) is 4.75. The topological polar surface area (TPSA) is 65.1 Å². The Bertz CT molecular complexity index is 1480. The summed E-state index contributed by atoms with van der Waals surface area (Å²) in [7, 11) is 0. The molecule has 6 heteroatoms. The first-order valence-corrected chi connectivity index (χ1v) is 20.6. The fourth-order valence-electron chi connectivity index (χ4n) is 11.4. The Morgan fingerprint density at radius 1 is 0.962 bits per heavy atom. The maximum Gasteiger partial charge on any atom is 0.293 e. The van der Waals surface area contributed by atoms with Crippen molar-refractivity contribution in [3.63, 3.8) is 0 Å². The average molecular weight is 712 g/mol. The van der Waals surface area contributed by atoms with E-state index in [1.165, 1.54) is 56.9 Å². The molecule has 2 aromatic rings. The molecule has 0 radical (unpaired) electrons. The van der Waals surface area contributed by atoms with Crippen LogP contribution >= 0.6 is 0 Å². The molecule has 9 unspecified atom stereocenters. The lowest BCUT2D eigenvalue weighted by Crippen LogP contribution is -2.60. The van der Waals surface area contributed by atoms with Crippen molar-refractivity contribution in [3.05, 3.63) is 83.4 Å². The molecule has 0 aromatic heterocycles. The molecular weight excluding hydrogens is 647 g/mol. The molecule has 284 valence electrons. The van der Waals surface area contributed by atoms with Gasteiger partial charge in [-0.25, -0.2) is 0 Å². The molecule has 5 fully saturated rings. The van der Waals surface area contributed by atoms with Crippen LogP contribution in [-0.2, 0) is 37.0 Å². The van der Waals surface area contributed by atoms with Gasteiger partial charge in [-0.3, -0.25) is 9.59 Å². The van der Waals surface area contributed by atoms with Gasteiger partial charge in [0.15, 0.2) is 0 Å². The Balaban J connectivity index is 0.000000333. The predicted molar refractivity (Wildman–Crippen MR) is 207 cm³/mol. The number of allylic oxidation sites excluding steroid dienone is 1. The van der Waals surface area contributed by atoms with Crippen LogP contribution in [0.1, 0.15) is 110 Å². The molecule has 9 atom stereocenters. The number of fused-ring (bicyclic) bond motifs is 3. The summed E-state index contributed by atoms with van der Waals surface area (Å²) in [4.78, 5) is 24.6. The van der Waals surface area contributed by atoms with Gasteiger partial charge in [0, 0.05) is 24.4 Å². The van der Waals surface area contributed by atoms with Crippen molar-refractivity contribution in [2.75, 3.05) is 19.8 Å². The van der Waals surface area contributed by atoms with Crippen LogP contribution < -0.4 is 0 Å². The lowest BCUT2D eigenvalue weighted by atomic mass is 9.43. The minimum atomic E-state index is 0.0153. The third-order valence-corrected chi connectivity index (χ3v) is 13.8. The fraction of sp³-hybridized carbons (Fsp3) is 0.652. The molecule has 8 rings (SSSR count). The van der Waals surface area contributed by atoms with E-state index in [9.17, 15) is 9.59 Å². The second-order valence-electron chi connectivity index (χ2n) is 17.1. The van der Waals surface area contributed by atoms with E-state index in [4.69, 9.17) is 9.47 Å². The fourth-order valence-corrected chi connectivity index (χ4v) is 11.4. The first kappa shape index (κ1) is 38.8. The van der Waals surface area contributed by atoms with Gasteiger partial charge in [0.25, 0.3) is 6.47 Å². The minimum Gasteiger partial charge on any atom is -0.463 e. The molecule has 4 aliphatic carbocycles. The Kier molecular flexibility index (Phi) is 13.0. The molecule has 2 aliphatic heterocycles. The number of amides is 1. The van der Waals surface area contributed by atoms with E-state index in [1.807, 2.05) is 55.1 Å². The molecular formula is C46H65NO5. The molecule has 0 N–H and O–H groups in total. The number of benzene rings is 2. The highest BCUT2D eigenvalue weighted by molar-refractivity contribution is 5.79. The summed E-state index contributed by atoms with van der Waals surface area (Å²) in [5, 5.41) is 0. The summed E-state index contributed by atoms with van der Waals surface area (Å²) in [6.07, 6.45) is 15.5. The molecule has 2 heterocycles. The van der Waals surface area contributed by atoms with Crippen LogP contribution in [0.4, 0.5) is 0 Å². The second kappa shape index (κ2) is 17.5. The Labute approximate surface area is 314 Å². The third kappa shape index (κ3) is 8.23. The van der Waals surface area contributed by atoms with Gasteiger partial charge in [-0.2, -0.15) is 0 Å². The van der Waals surface area contributed by atoms with Gasteiger partial charge in [0.1, 0.15) is 6.61 Å². The highest BCUT2D eigenvalue weighted by Crippen LogP contribution is 2.67. The van der Waals surface area contributed by atoms with Crippen molar-refractivity contribution >= 4 is 12.4 Å². The van der Waals surface area contributed by atoms with Gasteiger partial charge >= 0.3 is 0 Å². The van der Waals surface area contributed by atoms with Crippen molar-refractivity contribution in [2.45, 2.75) is 124 Å². The number of nitrogens with zero attached hydrogens (tertiary/aromatic N) is 1. The summed E-state index contributed by atoms with van der Waals surface area (Å²) in [6, 6.07) is 19.9. The van der Waals surface area contributed by atoms with Crippen LogP contribution in [0, 0.1) is 46.3 Å². The number of hydrogen-bond acceptors (Lipinski definition) is 5. The molecule has 6 nitrogen and oxygen atoms in total. The van der Waals surface area contributed by atoms with Crippen molar-refractivity contribution in [1.82, 2.24) is 4.90 Å². The number of carbonyl (C=O) groups excluding carboxylic acids is 2. The van der Waals surface area contributed by atoms with Gasteiger partial charge in [-0.05, 0) is 104 Å². The third-order valence-electron chi connectivity index (χ3n) is 13.8. The summed E-state index contributed by atoms with van der Waals surface area (Å²) >= 11 is 0. The predicted octanol–water partition coefficient (Wildman–Crippen LogP) is 9.81. The van der Waals surface area contributed by atoms with Crippen molar-refractivity contribution in [3.8, 4) is 0 Å². The molecule has 2 bridgehead atoms. The van der Waals surface area contributed by atoms with Crippen LogP contribution in [0.5, 0.6) is 0 Å². The van der Waals surface area contributed by atoms with E-state index in [0.717, 1.165) is 55.4 Å². The lowest BCUT2D eigenvalue weighted by molar-refractivity contribution is -0.190. The Morgan fingerprint density at radius 3 is 2.40 bits per heavy atom. The molecule has 2 saturated heterocycles. The molecule has 52 heavy (non-hydrogen) atoms. The molecule has 2 aromatic carbocycles. The molecule has 6 aliphatic rings. The number of rotatable bonds is 9. The zero-order valence-electron chi connectivity index (χ0n) is 32.6. The van der Waals surface area contributed by atoms with E-state index in [-0.39, 0.29) is 23.5 Å². The zero-order chi connectivity index (χ0) is 36.7. The number of ether oxygens (including phenoxy) is 3. The van der Waals surface area contributed by atoms with Crippen LogP contribution in [0.2, 0.25) is 0 Å². The van der Waals surface area contributed by atoms with E-state index in [2.05, 4.69) is 55.8 Å². The normalized spacial score (nSPS) is 34.7. The second-order valence-corrected chi connectivity index (χ2v) is 17.1. The van der Waals surface area contributed by atoms with E-state index < -0.39 is 0 Å². The highest BCUT2D eigenvalue weighted by atomic mass is 16.5. The number of carbonyl (C=O) groups is 2. The first-order valence-electron chi connectivity index (χ1n) is 20.6. The SMILES string of the molecule is CC.CC(C)CC1CCC2(C)C(CC=C3C2CCC2C4COCC32CCC4OC2CC(=O)N(Cc3ccccc3)C2)C1.O=COCc1ccccc1. The van der Waals surface area contributed by atoms with Crippen molar-refractivity contribution in [1.29, 1.82) is 0 Å². The zero-order valence-corrected chi connectivity index (χ0v) is 32.6. The van der Waals surface area contributed by atoms with Crippen molar-refractivity contribution in [2.24, 2.45) is 46.3 Å². The summed E-state index contributed by atoms with van der Waals surface area (Å²) in [6.45, 7) is 15.5. The number of likely N-dealkylation sites (tertiary alicyclic amines) is 1. The van der Waals surface area contributed by atoms with E-state index in [1.54, 1.807) is 5.57 Å². The van der Waals surface area contributed by atoms with Crippen LogP contribution in [0.15, 0.2) is 72.3 Å². The monoisotopic (exact) mass is 711 g/mol. The summed E-state index contributed by atoms with van der Waals surface area (Å²) in [5.41, 5.74) is 4.72. The Morgan fingerprint density at radius 2 is 1.69 bits per heavy atom. The quantitative estimate of drug-likeness (QED) is 0.192. The van der Waals surface area contributed by atoms with Gasteiger partial charge in [0.05, 0.1) is 31.8 Å². The van der Waals surface area contributed by atoms with Crippen LogP contribution in [0.3, 0.4) is 0 Å². The van der Waals surface area contributed by atoms with Gasteiger partial charge in [-0.1, -0.05) is 107 Å². The van der Waals surface area contributed by atoms with E-state index >= 15 is 0 Å². The van der Waals surface area contributed by atoms with Gasteiger partial charge in [-0.15, -0.1) is 0 Å². The van der Waals surface area contributed by atoms with Crippen LogP contribution in [-0.4, -0.2) is 49.2 Å². The minimum absolute atomic E-state index is 0.0153.